The van der Waals surface area contributed by atoms with Gasteiger partial charge in [-0.1, -0.05) is 41.9 Å². The Labute approximate surface area is 178 Å². The number of hydrogen-bond donors (Lipinski definition) is 3. The number of nitrogens with one attached hydrogen (secondary N) is 3. The quantitative estimate of drug-likeness (QED) is 0.420. The van der Waals surface area contributed by atoms with Crippen LogP contribution in [0.15, 0.2) is 60.8 Å². The van der Waals surface area contributed by atoms with Crippen molar-refractivity contribution in [3.8, 4) is 0 Å². The highest BCUT2D eigenvalue weighted by Gasteiger charge is 2.20. The van der Waals surface area contributed by atoms with Crippen LogP contribution in [0.1, 0.15) is 32.0 Å². The first-order valence-corrected chi connectivity index (χ1v) is 9.47. The van der Waals surface area contributed by atoms with Gasteiger partial charge in [0.15, 0.2) is 5.11 Å². The van der Waals surface area contributed by atoms with Crippen LogP contribution in [0.2, 0.25) is 5.02 Å². The van der Waals surface area contributed by atoms with Gasteiger partial charge in [0, 0.05) is 23.2 Å². The summed E-state index contributed by atoms with van der Waals surface area (Å²) in [6, 6.07) is 16.1. The van der Waals surface area contributed by atoms with E-state index in [-0.39, 0.29) is 16.7 Å². The molecule has 0 atom stereocenters. The second-order valence-corrected chi connectivity index (χ2v) is 6.98. The second-order valence-electron chi connectivity index (χ2n) is 6.14. The molecule has 0 aliphatic heterocycles. The fourth-order valence-corrected chi connectivity index (χ4v) is 3.19. The number of aromatic amines is 1. The zero-order valence-electron chi connectivity index (χ0n) is 15.5. The maximum Gasteiger partial charge on any atom is 0.356 e. The lowest BCUT2D eigenvalue weighted by Gasteiger charge is -2.12. The number of aromatic nitrogens is 1. The largest absolute Gasteiger partial charge is 0.464 e. The summed E-state index contributed by atoms with van der Waals surface area (Å²) >= 11 is 11.3. The molecule has 29 heavy (non-hydrogen) atoms. The molecule has 1 heterocycles. The van der Waals surface area contributed by atoms with Crippen LogP contribution in [0.5, 0.6) is 0 Å². The topological polar surface area (TPSA) is 83.2 Å². The summed E-state index contributed by atoms with van der Waals surface area (Å²) in [5.74, 6) is -0.906. The summed E-state index contributed by atoms with van der Waals surface area (Å²) in [5, 5.41) is 6.24. The van der Waals surface area contributed by atoms with E-state index in [0.29, 0.717) is 22.7 Å². The highest BCUT2D eigenvalue weighted by Crippen LogP contribution is 2.25. The van der Waals surface area contributed by atoms with Crippen LogP contribution in [0.25, 0.3) is 0 Å². The number of esters is 1. The fourth-order valence-electron chi connectivity index (χ4n) is 2.79. The number of methoxy groups -OCH3 is 1. The van der Waals surface area contributed by atoms with E-state index >= 15 is 0 Å². The highest BCUT2D eigenvalue weighted by atomic mass is 35.5. The van der Waals surface area contributed by atoms with E-state index < -0.39 is 5.97 Å². The van der Waals surface area contributed by atoms with Crippen molar-refractivity contribution in [1.82, 2.24) is 10.3 Å². The van der Waals surface area contributed by atoms with E-state index in [0.717, 1.165) is 11.1 Å². The van der Waals surface area contributed by atoms with Crippen molar-refractivity contribution >= 4 is 46.5 Å². The average Bonchev–Trinajstić information content (AvgIpc) is 3.10. The van der Waals surface area contributed by atoms with Gasteiger partial charge in [-0.3, -0.25) is 10.1 Å². The van der Waals surface area contributed by atoms with Gasteiger partial charge in [0.05, 0.1) is 12.8 Å². The molecule has 3 N–H and O–H groups in total. The maximum absolute atomic E-state index is 12.3. The maximum atomic E-state index is 12.3. The summed E-state index contributed by atoms with van der Waals surface area (Å²) in [7, 11) is 1.29. The van der Waals surface area contributed by atoms with Gasteiger partial charge < -0.3 is 15.0 Å². The number of hydrogen-bond acceptors (Lipinski definition) is 4. The van der Waals surface area contributed by atoms with E-state index in [1.807, 2.05) is 24.3 Å². The monoisotopic (exact) mass is 427 g/mol. The van der Waals surface area contributed by atoms with Crippen molar-refractivity contribution in [3.05, 3.63) is 88.2 Å². The molecule has 0 aliphatic rings. The Kier molecular flexibility index (Phi) is 6.64. The number of carbonyl (C=O) groups excluding carboxylic acids is 2. The molecule has 0 spiro atoms. The summed E-state index contributed by atoms with van der Waals surface area (Å²) < 4.78 is 4.83. The number of anilines is 1. The Morgan fingerprint density at radius 3 is 2.59 bits per heavy atom. The number of H-pyrrole nitrogens is 1. The molecule has 0 radical (unpaired) electrons. The lowest BCUT2D eigenvalue weighted by Crippen LogP contribution is -2.34. The third-order valence-electron chi connectivity index (χ3n) is 4.14. The van der Waals surface area contributed by atoms with Gasteiger partial charge in [-0.25, -0.2) is 4.79 Å². The zero-order valence-corrected chi connectivity index (χ0v) is 17.1. The number of thiocarbonyl (C=S) groups is 1. The van der Waals surface area contributed by atoms with Crippen LogP contribution < -0.4 is 10.6 Å². The minimum Gasteiger partial charge on any atom is -0.464 e. The normalized spacial score (nSPS) is 10.3. The number of benzene rings is 2. The first-order valence-electron chi connectivity index (χ1n) is 8.68. The molecule has 3 aromatic rings. The molecule has 0 saturated carbocycles. The summed E-state index contributed by atoms with van der Waals surface area (Å²) in [4.78, 5) is 27.4. The molecule has 8 heteroatoms. The SMILES string of the molecule is COC(=O)c1[nH]cc(Cc2cccc(Cl)c2)c1NC(=S)NC(=O)c1ccccc1. The van der Waals surface area contributed by atoms with Crippen molar-refractivity contribution in [1.29, 1.82) is 0 Å². The van der Waals surface area contributed by atoms with Gasteiger partial charge in [0.25, 0.3) is 5.91 Å². The van der Waals surface area contributed by atoms with Crippen molar-refractivity contribution in [2.45, 2.75) is 6.42 Å². The molecule has 0 saturated heterocycles. The Hall–Kier alpha value is -3.16. The lowest BCUT2D eigenvalue weighted by molar-refractivity contribution is 0.0596. The van der Waals surface area contributed by atoms with Crippen LogP contribution >= 0.6 is 23.8 Å². The van der Waals surface area contributed by atoms with Gasteiger partial charge in [-0.05, 0) is 47.6 Å². The van der Waals surface area contributed by atoms with Gasteiger partial charge in [-0.2, -0.15) is 0 Å². The molecular formula is C21H18ClN3O3S. The van der Waals surface area contributed by atoms with E-state index in [4.69, 9.17) is 28.6 Å². The van der Waals surface area contributed by atoms with Crippen LogP contribution in [0.4, 0.5) is 5.69 Å². The summed E-state index contributed by atoms with van der Waals surface area (Å²) in [6.07, 6.45) is 2.18. The van der Waals surface area contributed by atoms with Gasteiger partial charge in [0.2, 0.25) is 0 Å². The molecule has 2 aromatic carbocycles. The molecule has 0 unspecified atom stereocenters. The highest BCUT2D eigenvalue weighted by molar-refractivity contribution is 7.80. The number of carbonyl (C=O) groups is 2. The Bertz CT molecular complexity index is 1050. The van der Waals surface area contributed by atoms with Gasteiger partial charge >= 0.3 is 5.97 Å². The Morgan fingerprint density at radius 2 is 1.90 bits per heavy atom. The molecule has 3 rings (SSSR count). The van der Waals surface area contributed by atoms with Crippen molar-refractivity contribution in [2.24, 2.45) is 0 Å². The third kappa shape index (κ3) is 5.22. The Balaban J connectivity index is 1.82. The molecular weight excluding hydrogens is 410 g/mol. The van der Waals surface area contributed by atoms with E-state index in [9.17, 15) is 9.59 Å². The van der Waals surface area contributed by atoms with E-state index in [1.54, 1.807) is 36.5 Å². The zero-order chi connectivity index (χ0) is 20.8. The number of amides is 1. The lowest BCUT2D eigenvalue weighted by atomic mass is 10.1. The molecule has 1 aromatic heterocycles. The van der Waals surface area contributed by atoms with E-state index in [2.05, 4.69) is 15.6 Å². The standard InChI is InChI=1S/C21H18ClN3O3S/c1-28-20(27)18-17(15(12-23-18)10-13-6-5-9-16(22)11-13)24-21(29)25-19(26)14-7-3-2-4-8-14/h2-9,11-12,23H,10H2,1H3,(H2,24,25,26,29). The third-order valence-corrected chi connectivity index (χ3v) is 4.58. The number of halogens is 1. The molecule has 0 aliphatic carbocycles. The molecule has 148 valence electrons. The smallest absolute Gasteiger partial charge is 0.356 e. The van der Waals surface area contributed by atoms with Crippen molar-refractivity contribution in [3.63, 3.8) is 0 Å². The number of ether oxygens (including phenoxy) is 1. The van der Waals surface area contributed by atoms with Crippen LogP contribution in [0.3, 0.4) is 0 Å². The minimum atomic E-state index is -0.554. The van der Waals surface area contributed by atoms with Crippen LogP contribution in [0, 0.1) is 0 Å². The second kappa shape index (κ2) is 9.36. The minimum absolute atomic E-state index is 0.0657. The summed E-state index contributed by atoms with van der Waals surface area (Å²) in [6.45, 7) is 0. The Morgan fingerprint density at radius 1 is 1.14 bits per heavy atom. The van der Waals surface area contributed by atoms with Gasteiger partial charge in [-0.15, -0.1) is 0 Å². The van der Waals surface area contributed by atoms with Crippen molar-refractivity contribution < 1.29 is 14.3 Å². The molecule has 6 nitrogen and oxygen atoms in total. The molecule has 0 bridgehead atoms. The van der Waals surface area contributed by atoms with Crippen molar-refractivity contribution in [2.75, 3.05) is 12.4 Å². The summed E-state index contributed by atoms with van der Waals surface area (Å²) in [5.41, 5.74) is 2.84. The van der Waals surface area contributed by atoms with Gasteiger partial charge in [0.1, 0.15) is 5.69 Å². The molecule has 1 amide bonds. The first kappa shape index (κ1) is 20.6. The fraction of sp³-hybridized carbons (Fsp3) is 0.0952. The van der Waals surface area contributed by atoms with Crippen LogP contribution in [-0.2, 0) is 11.2 Å². The molecule has 0 fully saturated rings. The first-order chi connectivity index (χ1) is 14.0. The predicted octanol–water partition coefficient (Wildman–Crippen LogP) is 4.17. The van der Waals surface area contributed by atoms with E-state index in [1.165, 1.54) is 7.11 Å². The number of rotatable bonds is 5. The van der Waals surface area contributed by atoms with Crippen LogP contribution in [-0.4, -0.2) is 29.1 Å². The average molecular weight is 428 g/mol. The predicted molar refractivity (Wildman–Crippen MR) is 117 cm³/mol.